The lowest BCUT2D eigenvalue weighted by molar-refractivity contribution is 0.171. The lowest BCUT2D eigenvalue weighted by atomic mass is 9.93. The van der Waals surface area contributed by atoms with Crippen molar-refractivity contribution in [1.29, 1.82) is 0 Å². The minimum atomic E-state index is 0.648. The van der Waals surface area contributed by atoms with E-state index in [0.717, 1.165) is 43.0 Å². The van der Waals surface area contributed by atoms with E-state index in [9.17, 15) is 0 Å². The van der Waals surface area contributed by atoms with Crippen molar-refractivity contribution < 1.29 is 0 Å². The van der Waals surface area contributed by atoms with Crippen LogP contribution in [-0.4, -0.2) is 55.0 Å². The van der Waals surface area contributed by atoms with Crippen LogP contribution in [0.2, 0.25) is 4.34 Å². The first kappa shape index (κ1) is 15.1. The molecule has 2 heterocycles. The fourth-order valence-corrected chi connectivity index (χ4v) is 3.94. The van der Waals surface area contributed by atoms with Crippen molar-refractivity contribution in [2.45, 2.75) is 31.8 Å². The Hall–Kier alpha value is -0.780. The standard InChI is InChI=1S/C15H23ClN4S/c1-17-15(18-12-3-2-4-12)20-9-7-19(8-10-20)11-13-5-6-14(16)21-13/h5-6,12H,2-4,7-11H2,1H3,(H,17,18). The monoisotopic (exact) mass is 326 g/mol. The van der Waals surface area contributed by atoms with E-state index in [4.69, 9.17) is 11.6 Å². The smallest absolute Gasteiger partial charge is 0.193 e. The molecule has 0 amide bonds. The molecular formula is C15H23ClN4S. The molecule has 1 aliphatic heterocycles. The van der Waals surface area contributed by atoms with E-state index in [-0.39, 0.29) is 0 Å². The topological polar surface area (TPSA) is 30.9 Å². The van der Waals surface area contributed by atoms with Crippen molar-refractivity contribution in [3.05, 3.63) is 21.3 Å². The van der Waals surface area contributed by atoms with Gasteiger partial charge >= 0.3 is 0 Å². The molecule has 3 rings (SSSR count). The van der Waals surface area contributed by atoms with Crippen molar-refractivity contribution >= 4 is 28.9 Å². The molecule has 2 aliphatic rings. The van der Waals surface area contributed by atoms with E-state index in [1.54, 1.807) is 11.3 Å². The van der Waals surface area contributed by atoms with Crippen molar-refractivity contribution in [2.75, 3.05) is 33.2 Å². The van der Waals surface area contributed by atoms with Crippen LogP contribution in [0.4, 0.5) is 0 Å². The Bertz CT molecular complexity index is 490. The van der Waals surface area contributed by atoms with Crippen LogP contribution in [0.15, 0.2) is 17.1 Å². The molecule has 0 spiro atoms. The molecule has 1 aromatic heterocycles. The Morgan fingerprint density at radius 1 is 1.33 bits per heavy atom. The summed E-state index contributed by atoms with van der Waals surface area (Å²) in [5.41, 5.74) is 0. The highest BCUT2D eigenvalue weighted by molar-refractivity contribution is 7.16. The summed E-state index contributed by atoms with van der Waals surface area (Å²) < 4.78 is 0.883. The van der Waals surface area contributed by atoms with Crippen LogP contribution in [-0.2, 0) is 6.54 Å². The molecule has 0 atom stereocenters. The molecule has 21 heavy (non-hydrogen) atoms. The van der Waals surface area contributed by atoms with Crippen molar-refractivity contribution in [2.24, 2.45) is 4.99 Å². The van der Waals surface area contributed by atoms with Gasteiger partial charge in [0, 0.05) is 50.7 Å². The Labute approximate surface area is 135 Å². The van der Waals surface area contributed by atoms with Crippen LogP contribution in [0.1, 0.15) is 24.1 Å². The first-order valence-electron chi connectivity index (χ1n) is 7.69. The highest BCUT2D eigenvalue weighted by atomic mass is 35.5. The Kier molecular flexibility index (Phi) is 5.03. The average molecular weight is 327 g/mol. The molecule has 4 nitrogen and oxygen atoms in total. The molecule has 0 unspecified atom stereocenters. The molecule has 1 aliphatic carbocycles. The van der Waals surface area contributed by atoms with Crippen LogP contribution in [0.5, 0.6) is 0 Å². The Balaban J connectivity index is 1.47. The SMILES string of the molecule is CN=C(NC1CCC1)N1CCN(Cc2ccc(Cl)s2)CC1. The van der Waals surface area contributed by atoms with Gasteiger partial charge in [-0.3, -0.25) is 9.89 Å². The van der Waals surface area contributed by atoms with Crippen LogP contribution in [0.3, 0.4) is 0 Å². The van der Waals surface area contributed by atoms with Gasteiger partial charge < -0.3 is 10.2 Å². The zero-order valence-electron chi connectivity index (χ0n) is 12.5. The summed E-state index contributed by atoms with van der Waals surface area (Å²) in [6.07, 6.45) is 3.93. The third-order valence-electron chi connectivity index (χ3n) is 4.33. The molecule has 1 saturated heterocycles. The normalized spacial score (nSPS) is 21.4. The number of hydrogen-bond donors (Lipinski definition) is 1. The third-order valence-corrected chi connectivity index (χ3v) is 5.55. The highest BCUT2D eigenvalue weighted by Crippen LogP contribution is 2.23. The maximum Gasteiger partial charge on any atom is 0.193 e. The number of rotatable bonds is 3. The summed E-state index contributed by atoms with van der Waals surface area (Å²) in [4.78, 5) is 10.7. The molecular weight excluding hydrogens is 304 g/mol. The van der Waals surface area contributed by atoms with Gasteiger partial charge in [0.2, 0.25) is 0 Å². The zero-order valence-corrected chi connectivity index (χ0v) is 14.1. The van der Waals surface area contributed by atoms with E-state index in [1.165, 1.54) is 24.1 Å². The molecule has 2 fully saturated rings. The average Bonchev–Trinajstić information content (AvgIpc) is 2.85. The van der Waals surface area contributed by atoms with E-state index in [1.807, 2.05) is 13.1 Å². The van der Waals surface area contributed by atoms with Gasteiger partial charge in [-0.1, -0.05) is 11.6 Å². The summed E-state index contributed by atoms with van der Waals surface area (Å²) in [5.74, 6) is 1.08. The van der Waals surface area contributed by atoms with Crippen molar-refractivity contribution in [3.63, 3.8) is 0 Å². The van der Waals surface area contributed by atoms with E-state index in [0.29, 0.717) is 6.04 Å². The Morgan fingerprint density at radius 3 is 2.62 bits per heavy atom. The van der Waals surface area contributed by atoms with Crippen molar-refractivity contribution in [3.8, 4) is 0 Å². The number of piperazine rings is 1. The van der Waals surface area contributed by atoms with E-state index < -0.39 is 0 Å². The van der Waals surface area contributed by atoms with E-state index in [2.05, 4.69) is 26.2 Å². The summed E-state index contributed by atoms with van der Waals surface area (Å²) in [5, 5.41) is 3.58. The van der Waals surface area contributed by atoms with Crippen LogP contribution in [0, 0.1) is 0 Å². The largest absolute Gasteiger partial charge is 0.354 e. The summed E-state index contributed by atoms with van der Waals surface area (Å²) >= 11 is 7.68. The van der Waals surface area contributed by atoms with Gasteiger partial charge in [0.1, 0.15) is 0 Å². The summed E-state index contributed by atoms with van der Waals surface area (Å²) in [6, 6.07) is 4.77. The minimum absolute atomic E-state index is 0.648. The highest BCUT2D eigenvalue weighted by Gasteiger charge is 2.24. The quantitative estimate of drug-likeness (QED) is 0.684. The summed E-state index contributed by atoms with van der Waals surface area (Å²) in [7, 11) is 1.89. The second-order valence-corrected chi connectivity index (χ2v) is 7.59. The molecule has 6 heteroatoms. The Morgan fingerprint density at radius 2 is 2.10 bits per heavy atom. The molecule has 0 aromatic carbocycles. The molecule has 0 radical (unpaired) electrons. The lowest BCUT2D eigenvalue weighted by Crippen LogP contribution is -2.54. The number of nitrogens with zero attached hydrogens (tertiary/aromatic N) is 3. The fourth-order valence-electron chi connectivity index (χ4n) is 2.81. The maximum atomic E-state index is 6.00. The van der Waals surface area contributed by atoms with Gasteiger partial charge in [0.25, 0.3) is 0 Å². The first-order chi connectivity index (χ1) is 10.2. The second-order valence-electron chi connectivity index (χ2n) is 5.79. The van der Waals surface area contributed by atoms with Crippen molar-refractivity contribution in [1.82, 2.24) is 15.1 Å². The van der Waals surface area contributed by atoms with Crippen LogP contribution < -0.4 is 5.32 Å². The van der Waals surface area contributed by atoms with Gasteiger partial charge in [-0.25, -0.2) is 0 Å². The first-order valence-corrected chi connectivity index (χ1v) is 8.89. The molecule has 1 aromatic rings. The van der Waals surface area contributed by atoms with Gasteiger partial charge in [-0.05, 0) is 31.4 Å². The molecule has 1 N–H and O–H groups in total. The van der Waals surface area contributed by atoms with Gasteiger partial charge in [-0.2, -0.15) is 0 Å². The number of hydrogen-bond acceptors (Lipinski definition) is 3. The zero-order chi connectivity index (χ0) is 14.7. The van der Waals surface area contributed by atoms with Gasteiger partial charge in [-0.15, -0.1) is 11.3 Å². The molecule has 116 valence electrons. The van der Waals surface area contributed by atoms with Gasteiger partial charge in [0.15, 0.2) is 5.96 Å². The third kappa shape index (κ3) is 3.90. The number of nitrogens with one attached hydrogen (secondary N) is 1. The summed E-state index contributed by atoms with van der Waals surface area (Å²) in [6.45, 7) is 5.28. The number of guanidine groups is 1. The number of halogens is 1. The number of thiophene rings is 1. The van der Waals surface area contributed by atoms with Crippen LogP contribution in [0.25, 0.3) is 0 Å². The molecule has 0 bridgehead atoms. The van der Waals surface area contributed by atoms with Crippen LogP contribution >= 0.6 is 22.9 Å². The minimum Gasteiger partial charge on any atom is -0.354 e. The predicted octanol–water partition coefficient (Wildman–Crippen LogP) is 2.65. The fraction of sp³-hybridized carbons (Fsp3) is 0.667. The predicted molar refractivity (Wildman–Crippen MR) is 90.3 cm³/mol. The van der Waals surface area contributed by atoms with Gasteiger partial charge in [0.05, 0.1) is 4.34 Å². The lowest BCUT2D eigenvalue weighted by Gasteiger charge is -2.38. The number of aliphatic imine (C=N–C) groups is 1. The molecule has 1 saturated carbocycles. The van der Waals surface area contributed by atoms with E-state index >= 15 is 0 Å². The second kappa shape index (κ2) is 6.99. The maximum absolute atomic E-state index is 6.00.